The first kappa shape index (κ1) is 28.5. The van der Waals surface area contributed by atoms with E-state index in [9.17, 15) is 14.4 Å². The summed E-state index contributed by atoms with van der Waals surface area (Å²) in [5.74, 6) is -0.144. The molecular formula is C35H33N5O4. The zero-order valence-electron chi connectivity index (χ0n) is 24.5. The maximum absolute atomic E-state index is 14.1. The molecule has 0 spiro atoms. The number of carbonyl (C=O) groups excluding carboxylic acids is 3. The highest BCUT2D eigenvalue weighted by Crippen LogP contribution is 2.36. The number of benzene rings is 4. The third-order valence-corrected chi connectivity index (χ3v) is 7.62. The van der Waals surface area contributed by atoms with Crippen molar-refractivity contribution in [1.29, 1.82) is 0 Å². The van der Waals surface area contributed by atoms with Gasteiger partial charge in [0.1, 0.15) is 5.75 Å². The lowest BCUT2D eigenvalue weighted by Crippen LogP contribution is -2.32. The number of carbonyl (C=O) groups is 3. The maximum atomic E-state index is 14.1. The number of hydrogen-bond donors (Lipinski definition) is 4. The number of ether oxygens (including phenoxy) is 1. The molecule has 0 aliphatic carbocycles. The number of anilines is 3. The van der Waals surface area contributed by atoms with Crippen LogP contribution in [0, 0.1) is 0 Å². The zero-order chi connectivity index (χ0) is 30.6. The van der Waals surface area contributed by atoms with Gasteiger partial charge in [-0.3, -0.25) is 9.59 Å². The van der Waals surface area contributed by atoms with Crippen molar-refractivity contribution in [1.82, 2.24) is 10.3 Å². The van der Waals surface area contributed by atoms with Gasteiger partial charge in [-0.15, -0.1) is 0 Å². The lowest BCUT2D eigenvalue weighted by atomic mass is 9.99. The van der Waals surface area contributed by atoms with E-state index >= 15 is 0 Å². The van der Waals surface area contributed by atoms with Gasteiger partial charge in [0.15, 0.2) is 0 Å². The number of hydrogen-bond acceptors (Lipinski definition) is 5. The number of nitrogens with zero attached hydrogens (tertiary/aromatic N) is 1. The van der Waals surface area contributed by atoms with Crippen LogP contribution in [0.2, 0.25) is 0 Å². The second-order valence-corrected chi connectivity index (χ2v) is 10.9. The topological polar surface area (TPSA) is 116 Å². The smallest absolute Gasteiger partial charge is 0.410 e. The van der Waals surface area contributed by atoms with Gasteiger partial charge < -0.3 is 30.6 Å². The largest absolute Gasteiger partial charge is 0.412 e. The minimum atomic E-state index is -0.588. The summed E-state index contributed by atoms with van der Waals surface area (Å²) in [6.07, 6.45) is 2.00. The summed E-state index contributed by atoms with van der Waals surface area (Å²) in [5.41, 5.74) is 6.04. The lowest BCUT2D eigenvalue weighted by Gasteiger charge is -2.24. The monoisotopic (exact) mass is 587 g/mol. The van der Waals surface area contributed by atoms with E-state index < -0.39 is 6.09 Å². The van der Waals surface area contributed by atoms with Gasteiger partial charge in [-0.05, 0) is 72.3 Å². The summed E-state index contributed by atoms with van der Waals surface area (Å²) in [6, 6.07) is 28.3. The van der Waals surface area contributed by atoms with Gasteiger partial charge in [0.2, 0.25) is 5.91 Å². The van der Waals surface area contributed by atoms with Crippen LogP contribution in [0.5, 0.6) is 5.75 Å². The average Bonchev–Trinajstić information content (AvgIpc) is 3.42. The van der Waals surface area contributed by atoms with Crippen molar-refractivity contribution in [2.75, 3.05) is 22.1 Å². The highest BCUT2D eigenvalue weighted by atomic mass is 16.6. The number of amides is 3. The first-order chi connectivity index (χ1) is 21.3. The van der Waals surface area contributed by atoms with Crippen molar-refractivity contribution in [2.24, 2.45) is 0 Å². The van der Waals surface area contributed by atoms with E-state index in [1.54, 1.807) is 29.2 Å². The highest BCUT2D eigenvalue weighted by molar-refractivity contribution is 6.10. The summed E-state index contributed by atoms with van der Waals surface area (Å²) >= 11 is 0. The van der Waals surface area contributed by atoms with Gasteiger partial charge in [-0.1, -0.05) is 42.5 Å². The molecule has 6 rings (SSSR count). The molecule has 5 aromatic rings. The van der Waals surface area contributed by atoms with Crippen molar-refractivity contribution < 1.29 is 19.1 Å². The summed E-state index contributed by atoms with van der Waals surface area (Å²) in [7, 11) is 0. The number of aromatic amines is 1. The second-order valence-electron chi connectivity index (χ2n) is 10.9. The van der Waals surface area contributed by atoms with Crippen LogP contribution >= 0.6 is 0 Å². The second kappa shape index (κ2) is 12.3. The summed E-state index contributed by atoms with van der Waals surface area (Å²) in [5, 5.41) is 10.2. The minimum Gasteiger partial charge on any atom is -0.410 e. The third kappa shape index (κ3) is 6.27. The van der Waals surface area contributed by atoms with Crippen LogP contribution in [-0.2, 0) is 11.3 Å². The van der Waals surface area contributed by atoms with E-state index in [1.807, 2.05) is 72.9 Å². The number of H-pyrrole nitrogens is 1. The van der Waals surface area contributed by atoms with E-state index in [-0.39, 0.29) is 17.9 Å². The van der Waals surface area contributed by atoms with Gasteiger partial charge in [-0.2, -0.15) is 0 Å². The molecule has 1 atom stereocenters. The Bertz CT molecular complexity index is 1850. The molecule has 9 heteroatoms. The molecule has 1 aliphatic heterocycles. The van der Waals surface area contributed by atoms with Crippen molar-refractivity contribution in [2.45, 2.75) is 32.9 Å². The summed E-state index contributed by atoms with van der Waals surface area (Å²) < 4.78 is 5.59. The number of rotatable bonds is 6. The van der Waals surface area contributed by atoms with E-state index in [0.717, 1.165) is 33.3 Å². The molecular weight excluding hydrogens is 554 g/mol. The number of nitrogens with one attached hydrogen (secondary N) is 4. The summed E-state index contributed by atoms with van der Waals surface area (Å²) in [4.78, 5) is 43.7. The van der Waals surface area contributed by atoms with E-state index in [1.165, 1.54) is 6.92 Å². The molecule has 0 bridgehead atoms. The molecule has 9 nitrogen and oxygen atoms in total. The molecule has 2 heterocycles. The molecule has 1 aromatic heterocycles. The summed E-state index contributed by atoms with van der Waals surface area (Å²) in [6.45, 7) is 4.29. The molecule has 4 aromatic carbocycles. The zero-order valence-corrected chi connectivity index (χ0v) is 24.5. The van der Waals surface area contributed by atoms with Gasteiger partial charge >= 0.3 is 6.09 Å². The van der Waals surface area contributed by atoms with Crippen LogP contribution in [-0.4, -0.2) is 35.5 Å². The molecule has 0 radical (unpaired) electrons. The Hall–Kier alpha value is -5.57. The quantitative estimate of drug-likeness (QED) is 0.172. The first-order valence-electron chi connectivity index (χ1n) is 14.6. The predicted octanol–water partition coefficient (Wildman–Crippen LogP) is 6.93. The first-order valence-corrected chi connectivity index (χ1v) is 14.6. The predicted molar refractivity (Wildman–Crippen MR) is 173 cm³/mol. The Morgan fingerprint density at radius 2 is 1.80 bits per heavy atom. The van der Waals surface area contributed by atoms with Crippen LogP contribution < -0.4 is 25.6 Å². The molecule has 4 N–H and O–H groups in total. The van der Waals surface area contributed by atoms with Crippen LogP contribution in [0.1, 0.15) is 36.2 Å². The standard InChI is InChI=1S/C35H33N5O4/c1-22-15-17-40(33-20-28(10-13-31(33)38-22)44-35(43)37-21-24-6-4-3-5-7-24)34(42)27-8-11-29(32(19-27)39-23(2)41)25-9-12-30-26(18-25)14-16-36-30/h3-14,16,18-20,22,36,38H,15,17,21H2,1-2H3,(H,37,43)(H,39,41). The molecule has 44 heavy (non-hydrogen) atoms. The Labute approximate surface area is 255 Å². The molecule has 0 fully saturated rings. The lowest BCUT2D eigenvalue weighted by molar-refractivity contribution is -0.114. The van der Waals surface area contributed by atoms with E-state index in [0.29, 0.717) is 42.2 Å². The van der Waals surface area contributed by atoms with Crippen molar-refractivity contribution >= 4 is 45.9 Å². The Morgan fingerprint density at radius 1 is 0.955 bits per heavy atom. The third-order valence-electron chi connectivity index (χ3n) is 7.62. The van der Waals surface area contributed by atoms with Crippen molar-refractivity contribution in [3.05, 3.63) is 108 Å². The molecule has 222 valence electrons. The Balaban J connectivity index is 1.28. The van der Waals surface area contributed by atoms with Crippen molar-refractivity contribution in [3.8, 4) is 16.9 Å². The van der Waals surface area contributed by atoms with Crippen LogP contribution in [0.15, 0.2) is 97.2 Å². The van der Waals surface area contributed by atoms with Gasteiger partial charge in [0.25, 0.3) is 5.91 Å². The van der Waals surface area contributed by atoms with E-state index in [2.05, 4.69) is 27.9 Å². The van der Waals surface area contributed by atoms with E-state index in [4.69, 9.17) is 4.74 Å². The fraction of sp³-hybridized carbons (Fsp3) is 0.171. The molecule has 0 saturated heterocycles. The average molecular weight is 588 g/mol. The van der Waals surface area contributed by atoms with Gasteiger partial charge in [0.05, 0.1) is 11.4 Å². The van der Waals surface area contributed by atoms with Gasteiger partial charge in [-0.25, -0.2) is 4.79 Å². The van der Waals surface area contributed by atoms with Crippen LogP contribution in [0.3, 0.4) is 0 Å². The molecule has 3 amide bonds. The van der Waals surface area contributed by atoms with Crippen LogP contribution in [0.4, 0.5) is 21.9 Å². The van der Waals surface area contributed by atoms with Crippen LogP contribution in [0.25, 0.3) is 22.0 Å². The number of aromatic nitrogens is 1. The molecule has 0 saturated carbocycles. The molecule has 1 aliphatic rings. The normalized spacial score (nSPS) is 14.2. The minimum absolute atomic E-state index is 0.119. The van der Waals surface area contributed by atoms with Gasteiger partial charge in [0, 0.05) is 60.6 Å². The van der Waals surface area contributed by atoms with Crippen molar-refractivity contribution in [3.63, 3.8) is 0 Å². The number of fused-ring (bicyclic) bond motifs is 2. The fourth-order valence-electron chi connectivity index (χ4n) is 5.42. The SMILES string of the molecule is CC(=O)Nc1cc(C(=O)N2CCC(C)Nc3ccc(OC(=O)NCc4ccccc4)cc32)ccc1-c1ccc2[nH]ccc2c1. The fourth-order valence-corrected chi connectivity index (χ4v) is 5.42. The Morgan fingerprint density at radius 3 is 2.61 bits per heavy atom. The Kier molecular flexibility index (Phi) is 8.01. The highest BCUT2D eigenvalue weighted by Gasteiger charge is 2.26. The maximum Gasteiger partial charge on any atom is 0.412 e. The molecule has 1 unspecified atom stereocenters.